The number of benzene rings is 2. The van der Waals surface area contributed by atoms with Crippen LogP contribution in [0.2, 0.25) is 0 Å². The van der Waals surface area contributed by atoms with E-state index in [1.807, 2.05) is 55.5 Å². The number of para-hydroxylation sites is 1. The van der Waals surface area contributed by atoms with E-state index in [1.54, 1.807) is 13.8 Å². The van der Waals surface area contributed by atoms with Crippen LogP contribution in [-0.4, -0.2) is 17.7 Å². The van der Waals surface area contributed by atoms with E-state index in [-0.39, 0.29) is 0 Å². The van der Waals surface area contributed by atoms with E-state index < -0.39 is 18.2 Å². The second-order valence-corrected chi connectivity index (χ2v) is 5.85. The summed E-state index contributed by atoms with van der Waals surface area (Å²) in [6.07, 6.45) is 0. The smallest absolute Gasteiger partial charge is 0.332 e. The molecule has 4 nitrogen and oxygen atoms in total. The summed E-state index contributed by atoms with van der Waals surface area (Å²) in [7, 11) is 0. The number of aliphatic hydroxyl groups excluding tert-OH is 1. The average molecular weight is 314 g/mol. The molecule has 0 aromatic heterocycles. The lowest BCUT2D eigenvalue weighted by molar-refractivity contribution is -0.160. The molecule has 4 heteroatoms. The van der Waals surface area contributed by atoms with E-state index in [2.05, 4.69) is 0 Å². The van der Waals surface area contributed by atoms with Gasteiger partial charge >= 0.3 is 5.97 Å². The highest BCUT2D eigenvalue weighted by Crippen LogP contribution is 2.29. The number of aryl methyl sites for hydroxylation is 1. The Hall–Kier alpha value is -2.33. The Morgan fingerprint density at radius 1 is 1.09 bits per heavy atom. The summed E-state index contributed by atoms with van der Waals surface area (Å²) >= 11 is 0. The maximum Gasteiger partial charge on any atom is 0.332 e. The number of esters is 1. The van der Waals surface area contributed by atoms with Crippen LogP contribution in [0, 0.1) is 6.92 Å². The lowest BCUT2D eigenvalue weighted by Crippen LogP contribution is -2.28. The molecule has 0 aliphatic rings. The highest BCUT2D eigenvalue weighted by atomic mass is 16.6. The molecular formula is C19H22O4. The van der Waals surface area contributed by atoms with Gasteiger partial charge in [0.1, 0.15) is 24.6 Å². The van der Waals surface area contributed by atoms with Crippen LogP contribution < -0.4 is 4.74 Å². The molecule has 0 aliphatic carbocycles. The molecule has 0 spiro atoms. The molecule has 2 aromatic carbocycles. The molecular weight excluding hydrogens is 292 g/mol. The zero-order valence-electron chi connectivity index (χ0n) is 13.7. The van der Waals surface area contributed by atoms with Gasteiger partial charge in [0.05, 0.1) is 0 Å². The van der Waals surface area contributed by atoms with Crippen molar-refractivity contribution in [3.8, 4) is 5.75 Å². The number of rotatable bonds is 6. The number of hydrogen-bond acceptors (Lipinski definition) is 4. The van der Waals surface area contributed by atoms with Gasteiger partial charge in [0, 0.05) is 5.56 Å². The van der Waals surface area contributed by atoms with Crippen molar-refractivity contribution in [3.63, 3.8) is 0 Å². The highest BCUT2D eigenvalue weighted by Gasteiger charge is 2.27. The molecule has 0 atom stereocenters. The van der Waals surface area contributed by atoms with E-state index in [9.17, 15) is 4.79 Å². The quantitative estimate of drug-likeness (QED) is 0.831. The Morgan fingerprint density at radius 2 is 1.74 bits per heavy atom. The Bertz CT molecular complexity index is 677. The van der Waals surface area contributed by atoms with Gasteiger partial charge in [-0.2, -0.15) is 0 Å². The largest absolute Gasteiger partial charge is 0.489 e. The van der Waals surface area contributed by atoms with Gasteiger partial charge < -0.3 is 14.6 Å². The van der Waals surface area contributed by atoms with Crippen LogP contribution in [0.4, 0.5) is 0 Å². The Labute approximate surface area is 136 Å². The minimum atomic E-state index is -0.842. The van der Waals surface area contributed by atoms with E-state index in [0.29, 0.717) is 6.61 Å². The van der Waals surface area contributed by atoms with E-state index in [0.717, 1.165) is 22.4 Å². The molecule has 0 heterocycles. The van der Waals surface area contributed by atoms with Gasteiger partial charge in [0.15, 0.2) is 0 Å². The third-order valence-corrected chi connectivity index (χ3v) is 3.64. The predicted molar refractivity (Wildman–Crippen MR) is 88.2 cm³/mol. The molecule has 2 aromatic rings. The van der Waals surface area contributed by atoms with Gasteiger partial charge in [-0.1, -0.05) is 42.5 Å². The third-order valence-electron chi connectivity index (χ3n) is 3.64. The fourth-order valence-corrected chi connectivity index (χ4v) is 2.48. The van der Waals surface area contributed by atoms with Crippen molar-refractivity contribution >= 4 is 5.97 Å². The lowest BCUT2D eigenvalue weighted by atomic mass is 9.93. The van der Waals surface area contributed by atoms with Gasteiger partial charge in [0.25, 0.3) is 0 Å². The Kier molecular flexibility index (Phi) is 5.40. The number of ether oxygens (including phenoxy) is 2. The topological polar surface area (TPSA) is 55.8 Å². The summed E-state index contributed by atoms with van der Waals surface area (Å²) in [4.78, 5) is 11.4. The minimum Gasteiger partial charge on any atom is -0.489 e. The van der Waals surface area contributed by atoms with Crippen molar-refractivity contribution in [1.82, 2.24) is 0 Å². The summed E-state index contributed by atoms with van der Waals surface area (Å²) in [5.74, 6) is 0.178. The molecule has 0 saturated carbocycles. The minimum absolute atomic E-state index is 0.376. The molecule has 0 radical (unpaired) electrons. The molecule has 0 fully saturated rings. The molecule has 0 saturated heterocycles. The Balaban J connectivity index is 2.20. The highest BCUT2D eigenvalue weighted by molar-refractivity contribution is 5.71. The first-order chi connectivity index (χ1) is 10.9. The fourth-order valence-electron chi connectivity index (χ4n) is 2.48. The monoisotopic (exact) mass is 314 g/mol. The fraction of sp³-hybridized carbons (Fsp3) is 0.316. The molecule has 23 heavy (non-hydrogen) atoms. The van der Waals surface area contributed by atoms with Gasteiger partial charge in [-0.25, -0.2) is 4.79 Å². The number of carbonyl (C=O) groups is 1. The molecule has 0 aliphatic heterocycles. The van der Waals surface area contributed by atoms with Crippen molar-refractivity contribution in [2.75, 3.05) is 6.61 Å². The normalized spacial score (nSPS) is 11.1. The molecule has 0 unspecified atom stereocenters. The van der Waals surface area contributed by atoms with Crippen molar-refractivity contribution < 1.29 is 19.4 Å². The van der Waals surface area contributed by atoms with Crippen LogP contribution >= 0.6 is 0 Å². The maximum absolute atomic E-state index is 11.4. The first-order valence-electron chi connectivity index (χ1n) is 7.53. The van der Waals surface area contributed by atoms with Crippen LogP contribution in [0.1, 0.15) is 30.5 Å². The molecule has 2 rings (SSSR count). The summed E-state index contributed by atoms with van der Waals surface area (Å²) in [6.45, 7) is 5.33. The Morgan fingerprint density at radius 3 is 2.43 bits per heavy atom. The summed E-state index contributed by atoms with van der Waals surface area (Å²) < 4.78 is 11.2. The molecule has 1 N–H and O–H groups in total. The second-order valence-electron chi connectivity index (χ2n) is 5.85. The zero-order valence-corrected chi connectivity index (χ0v) is 13.7. The van der Waals surface area contributed by atoms with Gasteiger partial charge in [-0.3, -0.25) is 0 Å². The van der Waals surface area contributed by atoms with Crippen molar-refractivity contribution in [2.45, 2.75) is 33.0 Å². The van der Waals surface area contributed by atoms with Crippen LogP contribution in [0.3, 0.4) is 0 Å². The van der Waals surface area contributed by atoms with Gasteiger partial charge in [-0.05, 0) is 38.0 Å². The summed E-state index contributed by atoms with van der Waals surface area (Å²) in [5, 5.41) is 8.90. The van der Waals surface area contributed by atoms with Gasteiger partial charge in [-0.15, -0.1) is 0 Å². The maximum atomic E-state index is 11.4. The van der Waals surface area contributed by atoms with Crippen molar-refractivity contribution in [2.24, 2.45) is 0 Å². The number of carbonyl (C=O) groups excluding carboxylic acids is 1. The zero-order chi connectivity index (χ0) is 16.9. The summed E-state index contributed by atoms with van der Waals surface area (Å²) in [6, 6.07) is 15.5. The second kappa shape index (κ2) is 7.29. The standard InChI is InChI=1S/C19H22O4/c1-14-8-4-7-11-17(14)22-13-15-9-5-6-10-16(15)19(2,3)23-18(21)12-20/h4-11,20H,12-13H2,1-3H3. The van der Waals surface area contributed by atoms with Crippen molar-refractivity contribution in [3.05, 3.63) is 65.2 Å². The molecule has 122 valence electrons. The van der Waals surface area contributed by atoms with Crippen LogP contribution in [0.5, 0.6) is 5.75 Å². The number of aliphatic hydroxyl groups is 1. The van der Waals surface area contributed by atoms with Crippen LogP contribution in [0.15, 0.2) is 48.5 Å². The first kappa shape index (κ1) is 17.0. The van der Waals surface area contributed by atoms with E-state index >= 15 is 0 Å². The predicted octanol–water partition coefficient (Wildman–Crippen LogP) is 3.34. The van der Waals surface area contributed by atoms with E-state index in [1.165, 1.54) is 0 Å². The molecule has 0 bridgehead atoms. The first-order valence-corrected chi connectivity index (χ1v) is 7.53. The average Bonchev–Trinajstić information content (AvgIpc) is 2.54. The third kappa shape index (κ3) is 4.33. The van der Waals surface area contributed by atoms with Gasteiger partial charge in [0.2, 0.25) is 0 Å². The van der Waals surface area contributed by atoms with Crippen molar-refractivity contribution in [1.29, 1.82) is 0 Å². The number of hydrogen-bond donors (Lipinski definition) is 1. The molecule has 0 amide bonds. The lowest BCUT2D eigenvalue weighted by Gasteiger charge is -2.27. The summed E-state index contributed by atoms with van der Waals surface area (Å²) in [5.41, 5.74) is 2.02. The van der Waals surface area contributed by atoms with Crippen LogP contribution in [-0.2, 0) is 21.7 Å². The van der Waals surface area contributed by atoms with E-state index in [4.69, 9.17) is 14.6 Å². The SMILES string of the molecule is Cc1ccccc1OCc1ccccc1C(C)(C)OC(=O)CO. The van der Waals surface area contributed by atoms with Crippen LogP contribution in [0.25, 0.3) is 0 Å².